The van der Waals surface area contributed by atoms with Crippen molar-refractivity contribution in [2.75, 3.05) is 6.61 Å². The maximum atomic E-state index is 11.0. The lowest BCUT2D eigenvalue weighted by Gasteiger charge is -2.22. The minimum Gasteiger partial charge on any atom is -0.377 e. The normalized spacial score (nSPS) is 20.2. The minimum atomic E-state index is -4.25. The van der Waals surface area contributed by atoms with E-state index < -0.39 is 17.2 Å². The van der Waals surface area contributed by atoms with Crippen LogP contribution in [0.3, 0.4) is 0 Å². The Hall–Kier alpha value is 0.980. The molecule has 2 atom stereocenters. The van der Waals surface area contributed by atoms with Gasteiger partial charge < -0.3 is 14.5 Å². The van der Waals surface area contributed by atoms with E-state index in [1.54, 1.807) is 0 Å². The predicted octanol–water partition coefficient (Wildman–Crippen LogP) is 1.90. The Morgan fingerprint density at radius 1 is 1.58 bits per heavy atom. The molecule has 0 aromatic rings. The molecule has 0 saturated heterocycles. The third kappa shape index (κ3) is 3.79. The van der Waals surface area contributed by atoms with Gasteiger partial charge in [0.1, 0.15) is 0 Å². The number of hydrogen-bond acceptors (Lipinski definition) is 3. The van der Waals surface area contributed by atoms with Crippen molar-refractivity contribution in [3.63, 3.8) is 0 Å². The molecule has 0 bridgehead atoms. The van der Waals surface area contributed by atoms with Crippen molar-refractivity contribution in [3.8, 4) is 0 Å². The summed E-state index contributed by atoms with van der Waals surface area (Å²) in [5.74, 6) is -2.03. The highest BCUT2D eigenvalue weighted by atomic mass is 35.6. The van der Waals surface area contributed by atoms with Crippen molar-refractivity contribution >= 4 is 42.4 Å². The van der Waals surface area contributed by atoms with Crippen LogP contribution in [0.15, 0.2) is 0 Å². The molecule has 0 radical (unpaired) electrons. The van der Waals surface area contributed by atoms with Crippen molar-refractivity contribution in [3.05, 3.63) is 0 Å². The highest BCUT2D eigenvalue weighted by Gasteiger charge is 2.45. The van der Waals surface area contributed by atoms with Crippen molar-refractivity contribution in [1.82, 2.24) is 0 Å². The van der Waals surface area contributed by atoms with E-state index in [1.807, 2.05) is 0 Å². The van der Waals surface area contributed by atoms with Gasteiger partial charge in [-0.1, -0.05) is 34.8 Å². The van der Waals surface area contributed by atoms with Gasteiger partial charge in [-0.05, 0) is 6.92 Å². The topological polar surface area (TPSA) is 66.8 Å². The summed E-state index contributed by atoms with van der Waals surface area (Å²) in [6.45, 7) is 1.43. The summed E-state index contributed by atoms with van der Waals surface area (Å²) >= 11 is 15.5. The van der Waals surface area contributed by atoms with E-state index in [9.17, 15) is 4.57 Å². The lowest BCUT2D eigenvalue weighted by molar-refractivity contribution is 0.178. The summed E-state index contributed by atoms with van der Waals surface area (Å²) in [6.07, 6.45) is 0. The van der Waals surface area contributed by atoms with Gasteiger partial charge in [0.05, 0.1) is 6.61 Å². The monoisotopic (exact) mass is 256 g/mol. The second-order valence-electron chi connectivity index (χ2n) is 1.90. The fourth-order valence-electron chi connectivity index (χ4n) is 0.441. The molecule has 0 heterocycles. The summed E-state index contributed by atoms with van der Waals surface area (Å²) in [6, 6.07) is 0. The molecule has 0 aliphatic heterocycles. The molecule has 12 heavy (non-hydrogen) atoms. The second-order valence-corrected chi connectivity index (χ2v) is 6.14. The van der Waals surface area contributed by atoms with Crippen molar-refractivity contribution in [1.29, 1.82) is 0 Å². The third-order valence-corrected chi connectivity index (χ3v) is 3.63. The Balaban J connectivity index is 4.46. The summed E-state index contributed by atoms with van der Waals surface area (Å²) in [5, 5.41) is 9.01. The van der Waals surface area contributed by atoms with Crippen LogP contribution in [0.5, 0.6) is 0 Å². The lowest BCUT2D eigenvalue weighted by atomic mass is 10.8. The van der Waals surface area contributed by atoms with Crippen molar-refractivity contribution in [2.45, 2.75) is 16.6 Å². The molecule has 0 fully saturated rings. The van der Waals surface area contributed by atoms with Crippen LogP contribution in [0, 0.1) is 0 Å². The van der Waals surface area contributed by atoms with Gasteiger partial charge in [-0.25, -0.2) is 0 Å². The second kappa shape index (κ2) is 4.47. The molecule has 2 unspecified atom stereocenters. The van der Waals surface area contributed by atoms with Gasteiger partial charge in [-0.3, -0.25) is 4.57 Å². The van der Waals surface area contributed by atoms with Crippen LogP contribution in [0.25, 0.3) is 0 Å². The Morgan fingerprint density at radius 2 is 2.00 bits per heavy atom. The summed E-state index contributed by atoms with van der Waals surface area (Å²) in [7, 11) is -4.25. The van der Waals surface area contributed by atoms with E-state index in [0.717, 1.165) is 0 Å². The highest BCUT2D eigenvalue weighted by molar-refractivity contribution is 7.54. The molecule has 0 aliphatic carbocycles. The largest absolute Gasteiger partial charge is 0.377 e. The van der Waals surface area contributed by atoms with Gasteiger partial charge >= 0.3 is 7.60 Å². The van der Waals surface area contributed by atoms with Crippen LogP contribution in [0.1, 0.15) is 6.92 Å². The Labute approximate surface area is 84.9 Å². The van der Waals surface area contributed by atoms with E-state index in [1.165, 1.54) is 6.92 Å². The Kier molecular flexibility index (Phi) is 4.83. The van der Waals surface area contributed by atoms with Gasteiger partial charge in [0, 0.05) is 0 Å². The molecule has 74 valence electrons. The lowest BCUT2D eigenvalue weighted by Crippen LogP contribution is -2.25. The fourth-order valence-corrected chi connectivity index (χ4v) is 2.43. The molecule has 8 heteroatoms. The molecule has 0 aromatic carbocycles. The van der Waals surface area contributed by atoms with Crippen LogP contribution < -0.4 is 0 Å². The quantitative estimate of drug-likeness (QED) is 0.598. The minimum absolute atomic E-state index is 0.0500. The maximum absolute atomic E-state index is 11.0. The summed E-state index contributed by atoms with van der Waals surface area (Å²) < 4.78 is 13.1. The van der Waals surface area contributed by atoms with E-state index >= 15 is 0 Å². The van der Waals surface area contributed by atoms with Gasteiger partial charge in [-0.15, -0.1) is 0 Å². The Bertz CT molecular complexity index is 191. The zero-order chi connectivity index (χ0) is 9.99. The van der Waals surface area contributed by atoms with E-state index in [-0.39, 0.29) is 6.61 Å². The van der Waals surface area contributed by atoms with E-state index in [4.69, 9.17) is 44.8 Å². The first kappa shape index (κ1) is 13.0. The number of halogens is 3. The molecule has 0 rings (SSSR count). The van der Waals surface area contributed by atoms with Gasteiger partial charge in [-0.2, -0.15) is 0 Å². The molecule has 0 amide bonds. The SMILES string of the molecule is CCOP(=O)(O)C(O)C(Cl)(Cl)Cl. The van der Waals surface area contributed by atoms with Crippen molar-refractivity contribution in [2.24, 2.45) is 0 Å². The van der Waals surface area contributed by atoms with Crippen LogP contribution >= 0.6 is 42.4 Å². The first-order valence-corrected chi connectivity index (χ1v) is 5.71. The third-order valence-electron chi connectivity index (χ3n) is 0.916. The molecular formula is C4H8Cl3O4P. The number of alkyl halides is 3. The molecule has 0 saturated carbocycles. The maximum Gasteiger partial charge on any atom is 0.360 e. The first-order valence-electron chi connectivity index (χ1n) is 2.93. The number of aliphatic hydroxyl groups excluding tert-OH is 1. The van der Waals surface area contributed by atoms with Gasteiger partial charge in [0.15, 0.2) is 0 Å². The fraction of sp³-hybridized carbons (Fsp3) is 1.00. The standard InChI is InChI=1S/C4H8Cl3O4P/c1-2-11-12(9,10)3(8)4(5,6)7/h3,8H,2H2,1H3,(H,9,10). The average molecular weight is 257 g/mol. The summed E-state index contributed by atoms with van der Waals surface area (Å²) in [4.78, 5) is 8.95. The van der Waals surface area contributed by atoms with E-state index in [2.05, 4.69) is 4.52 Å². The molecule has 0 aliphatic rings. The highest BCUT2D eigenvalue weighted by Crippen LogP contribution is 2.54. The number of rotatable bonds is 3. The van der Waals surface area contributed by atoms with Gasteiger partial charge in [0.25, 0.3) is 0 Å². The van der Waals surface area contributed by atoms with Crippen molar-refractivity contribution < 1.29 is 19.1 Å². The molecular weight excluding hydrogens is 249 g/mol. The zero-order valence-electron chi connectivity index (χ0n) is 6.08. The smallest absolute Gasteiger partial charge is 0.360 e. The average Bonchev–Trinajstić information content (AvgIpc) is 1.84. The molecule has 0 aromatic heterocycles. The van der Waals surface area contributed by atoms with E-state index in [0.29, 0.717) is 0 Å². The molecule has 0 spiro atoms. The number of hydrogen-bond donors (Lipinski definition) is 2. The number of aliphatic hydroxyl groups is 1. The van der Waals surface area contributed by atoms with Crippen LogP contribution in [-0.4, -0.2) is 26.2 Å². The van der Waals surface area contributed by atoms with Crippen LogP contribution in [-0.2, 0) is 9.09 Å². The Morgan fingerprint density at radius 3 is 2.25 bits per heavy atom. The zero-order valence-corrected chi connectivity index (χ0v) is 9.24. The predicted molar refractivity (Wildman–Crippen MR) is 47.7 cm³/mol. The summed E-state index contributed by atoms with van der Waals surface area (Å²) in [5.41, 5.74) is 0. The molecule has 4 nitrogen and oxygen atoms in total. The van der Waals surface area contributed by atoms with Crippen LogP contribution in [0.4, 0.5) is 0 Å². The van der Waals surface area contributed by atoms with Crippen LogP contribution in [0.2, 0.25) is 0 Å². The van der Waals surface area contributed by atoms with Gasteiger partial charge in [0.2, 0.25) is 9.64 Å². The first-order chi connectivity index (χ1) is 5.22. The molecule has 2 N–H and O–H groups in total.